The van der Waals surface area contributed by atoms with Crippen molar-refractivity contribution in [2.75, 3.05) is 4.90 Å². The number of carbonyl (C=O) groups is 2. The first kappa shape index (κ1) is 23.0. The lowest BCUT2D eigenvalue weighted by atomic mass is 9.85. The number of aromatic nitrogens is 1. The molecule has 0 saturated carbocycles. The van der Waals surface area contributed by atoms with Crippen molar-refractivity contribution in [1.82, 2.24) is 4.98 Å². The van der Waals surface area contributed by atoms with Gasteiger partial charge in [0, 0.05) is 5.56 Å². The van der Waals surface area contributed by atoms with Gasteiger partial charge in [0.05, 0.1) is 21.8 Å². The molecule has 1 aromatic heterocycles. The molecule has 1 aliphatic heterocycles. The first-order valence-electron chi connectivity index (χ1n) is 11.5. The molecule has 5 rings (SSSR count). The number of rotatable bonds is 3. The van der Waals surface area contributed by atoms with E-state index >= 15 is 0 Å². The third-order valence-electron chi connectivity index (χ3n) is 6.32. The molecule has 1 unspecified atom stereocenters. The van der Waals surface area contributed by atoms with E-state index in [1.165, 1.54) is 16.2 Å². The van der Waals surface area contributed by atoms with Crippen LogP contribution in [0.1, 0.15) is 49.1 Å². The average molecular weight is 483 g/mol. The Balaban J connectivity index is 1.72. The summed E-state index contributed by atoms with van der Waals surface area (Å²) in [6.45, 7) is 8.40. The Morgan fingerprint density at radius 1 is 0.971 bits per heavy atom. The third kappa shape index (κ3) is 4.04. The Bertz CT molecular complexity index is 1480. The lowest BCUT2D eigenvalue weighted by Gasteiger charge is -2.24. The molecule has 1 N–H and O–H groups in total. The van der Waals surface area contributed by atoms with Crippen molar-refractivity contribution in [1.29, 1.82) is 0 Å². The molecule has 0 spiro atoms. The molecule has 1 saturated heterocycles. The van der Waals surface area contributed by atoms with Crippen molar-refractivity contribution in [3.63, 3.8) is 0 Å². The number of hydrogen-bond donors (Lipinski definition) is 1. The lowest BCUT2D eigenvalue weighted by Crippen LogP contribution is -2.29. The van der Waals surface area contributed by atoms with Gasteiger partial charge in [-0.2, -0.15) is 0 Å². The molecule has 5 nitrogen and oxygen atoms in total. The number of carbonyl (C=O) groups excluding carboxylic acids is 2. The van der Waals surface area contributed by atoms with E-state index in [1.807, 2.05) is 55.5 Å². The summed E-state index contributed by atoms with van der Waals surface area (Å²) in [6, 6.07) is 21.9. The van der Waals surface area contributed by atoms with Crippen LogP contribution in [0, 0.1) is 6.92 Å². The number of aryl methyl sites for hydroxylation is 1. The number of hydrogen-bond acceptors (Lipinski definition) is 5. The summed E-state index contributed by atoms with van der Waals surface area (Å²) in [5.74, 6) is -1.59. The summed E-state index contributed by atoms with van der Waals surface area (Å²) in [7, 11) is 0. The van der Waals surface area contributed by atoms with Crippen LogP contribution in [0.2, 0.25) is 0 Å². The zero-order valence-corrected chi connectivity index (χ0v) is 20.9. The molecule has 4 aromatic rings. The van der Waals surface area contributed by atoms with Gasteiger partial charge in [-0.05, 0) is 41.2 Å². The van der Waals surface area contributed by atoms with Crippen LogP contribution >= 0.6 is 11.3 Å². The minimum atomic E-state index is -0.786. The fraction of sp³-hybridized carbons (Fsp3) is 0.207. The predicted octanol–water partition coefficient (Wildman–Crippen LogP) is 6.53. The second-order valence-electron chi connectivity index (χ2n) is 9.87. The Kier molecular flexibility index (Phi) is 5.56. The molecule has 1 fully saturated rings. The van der Waals surface area contributed by atoms with Crippen molar-refractivity contribution < 1.29 is 14.7 Å². The summed E-state index contributed by atoms with van der Waals surface area (Å²) < 4.78 is 0.937. The predicted molar refractivity (Wildman–Crippen MR) is 141 cm³/mol. The minimum Gasteiger partial charge on any atom is -0.507 e. The quantitative estimate of drug-likeness (QED) is 0.205. The van der Waals surface area contributed by atoms with Crippen LogP contribution in [0.3, 0.4) is 0 Å². The van der Waals surface area contributed by atoms with Gasteiger partial charge in [-0.15, -0.1) is 0 Å². The van der Waals surface area contributed by atoms with Crippen molar-refractivity contribution in [3.05, 3.63) is 101 Å². The lowest BCUT2D eigenvalue weighted by molar-refractivity contribution is -0.132. The maximum absolute atomic E-state index is 13.4. The second-order valence-corrected chi connectivity index (χ2v) is 10.9. The first-order chi connectivity index (χ1) is 16.6. The molecule has 1 atom stereocenters. The molecule has 1 aliphatic rings. The van der Waals surface area contributed by atoms with Gasteiger partial charge in [0.1, 0.15) is 5.76 Å². The molecule has 35 heavy (non-hydrogen) atoms. The first-order valence-corrected chi connectivity index (χ1v) is 12.3. The Labute approximate surface area is 208 Å². The zero-order valence-electron chi connectivity index (χ0n) is 20.1. The minimum absolute atomic E-state index is 0.0464. The Hall–Kier alpha value is -3.77. The van der Waals surface area contributed by atoms with Crippen LogP contribution in [0.4, 0.5) is 5.13 Å². The van der Waals surface area contributed by atoms with Crippen LogP contribution in [0.25, 0.3) is 16.0 Å². The van der Waals surface area contributed by atoms with Crippen molar-refractivity contribution >= 4 is 44.1 Å². The summed E-state index contributed by atoms with van der Waals surface area (Å²) in [4.78, 5) is 32.9. The highest BCUT2D eigenvalue weighted by molar-refractivity contribution is 7.22. The summed E-state index contributed by atoms with van der Waals surface area (Å²) in [5, 5.41) is 11.7. The number of aliphatic hydroxyl groups is 1. The molecular formula is C29H26N2O3S. The topological polar surface area (TPSA) is 70.5 Å². The van der Waals surface area contributed by atoms with Crippen LogP contribution in [0.5, 0.6) is 0 Å². The maximum atomic E-state index is 13.4. The second kappa shape index (κ2) is 8.47. The van der Waals surface area contributed by atoms with Crippen molar-refractivity contribution in [2.45, 2.75) is 39.2 Å². The number of Topliss-reactive ketones (excluding diaryl/α,β-unsaturated/α-hetero) is 1. The standard InChI is InChI=1S/C29H26N2O3S/c1-17-10-15-21-22(16-17)35-28(30-21)31-24(18-11-13-20(14-12-18)29(2,3)4)23(26(33)27(31)34)25(32)19-8-6-5-7-9-19/h5-16,24,32H,1-4H3. The number of nitrogens with zero attached hydrogens (tertiary/aromatic N) is 2. The van der Waals surface area contributed by atoms with Crippen LogP contribution in [-0.2, 0) is 15.0 Å². The zero-order chi connectivity index (χ0) is 24.9. The highest BCUT2D eigenvalue weighted by Gasteiger charge is 2.48. The van der Waals surface area contributed by atoms with E-state index in [0.717, 1.165) is 26.9 Å². The Morgan fingerprint density at radius 2 is 1.66 bits per heavy atom. The highest BCUT2D eigenvalue weighted by atomic mass is 32.1. The average Bonchev–Trinajstić information content (AvgIpc) is 3.36. The van der Waals surface area contributed by atoms with E-state index in [0.29, 0.717) is 10.7 Å². The van der Waals surface area contributed by atoms with Gasteiger partial charge < -0.3 is 5.11 Å². The number of thiazole rings is 1. The number of fused-ring (bicyclic) bond motifs is 1. The number of anilines is 1. The van der Waals surface area contributed by atoms with Gasteiger partial charge in [0.2, 0.25) is 0 Å². The smallest absolute Gasteiger partial charge is 0.301 e. The van der Waals surface area contributed by atoms with Crippen LogP contribution in [0.15, 0.2) is 78.4 Å². The molecule has 1 amide bonds. The number of ketones is 1. The van der Waals surface area contributed by atoms with Crippen LogP contribution < -0.4 is 4.90 Å². The molecule has 2 heterocycles. The molecule has 3 aromatic carbocycles. The van der Waals surface area contributed by atoms with E-state index in [4.69, 9.17) is 0 Å². The largest absolute Gasteiger partial charge is 0.507 e. The number of amides is 1. The highest BCUT2D eigenvalue weighted by Crippen LogP contribution is 2.44. The molecular weight excluding hydrogens is 456 g/mol. The molecule has 0 radical (unpaired) electrons. The summed E-state index contributed by atoms with van der Waals surface area (Å²) in [6.07, 6.45) is 0. The molecule has 6 heteroatoms. The molecule has 176 valence electrons. The normalized spacial score (nSPS) is 17.9. The van der Waals surface area contributed by atoms with Gasteiger partial charge in [-0.25, -0.2) is 4.98 Å². The monoisotopic (exact) mass is 482 g/mol. The van der Waals surface area contributed by atoms with Gasteiger partial charge in [0.25, 0.3) is 5.78 Å². The van der Waals surface area contributed by atoms with E-state index in [2.05, 4.69) is 25.8 Å². The van der Waals surface area contributed by atoms with E-state index < -0.39 is 17.7 Å². The van der Waals surface area contributed by atoms with Gasteiger partial charge in [0.15, 0.2) is 5.13 Å². The maximum Gasteiger partial charge on any atom is 0.301 e. The molecule has 0 bridgehead atoms. The van der Waals surface area contributed by atoms with Crippen molar-refractivity contribution in [3.8, 4) is 0 Å². The van der Waals surface area contributed by atoms with Gasteiger partial charge in [-0.3, -0.25) is 14.5 Å². The van der Waals surface area contributed by atoms with E-state index in [9.17, 15) is 14.7 Å². The third-order valence-corrected chi connectivity index (χ3v) is 7.34. The Morgan fingerprint density at radius 3 is 2.31 bits per heavy atom. The van der Waals surface area contributed by atoms with Gasteiger partial charge in [-0.1, -0.05) is 92.8 Å². The van der Waals surface area contributed by atoms with Gasteiger partial charge >= 0.3 is 5.91 Å². The fourth-order valence-electron chi connectivity index (χ4n) is 4.38. The van der Waals surface area contributed by atoms with E-state index in [-0.39, 0.29) is 16.7 Å². The van der Waals surface area contributed by atoms with Crippen molar-refractivity contribution in [2.24, 2.45) is 0 Å². The number of benzene rings is 3. The molecule has 0 aliphatic carbocycles. The summed E-state index contributed by atoms with van der Waals surface area (Å²) >= 11 is 1.37. The van der Waals surface area contributed by atoms with E-state index in [1.54, 1.807) is 24.3 Å². The number of aliphatic hydroxyl groups excluding tert-OH is 1. The van der Waals surface area contributed by atoms with Crippen LogP contribution in [-0.4, -0.2) is 21.8 Å². The summed E-state index contributed by atoms with van der Waals surface area (Å²) in [5.41, 5.74) is 4.24. The fourth-order valence-corrected chi connectivity index (χ4v) is 5.48. The SMILES string of the molecule is Cc1ccc2nc(N3C(=O)C(=O)C(=C(O)c4ccccc4)C3c3ccc(C(C)(C)C)cc3)sc2c1.